The van der Waals surface area contributed by atoms with E-state index in [1.165, 1.54) is 13.3 Å². The average molecular weight is 509 g/mol. The second-order valence-corrected chi connectivity index (χ2v) is 9.67. The molecule has 1 fully saturated rings. The number of carbonyl (C=O) groups is 2. The van der Waals surface area contributed by atoms with E-state index >= 15 is 0 Å². The van der Waals surface area contributed by atoms with Gasteiger partial charge in [-0.15, -0.1) is 0 Å². The number of nitrogens with zero attached hydrogens (tertiary/aromatic N) is 2. The van der Waals surface area contributed by atoms with Crippen molar-refractivity contribution in [2.45, 2.75) is 44.9 Å². The molecule has 1 saturated carbocycles. The molecule has 1 aromatic heterocycles. The summed E-state index contributed by atoms with van der Waals surface area (Å²) in [6.07, 6.45) is 3.33. The highest BCUT2D eigenvalue weighted by Gasteiger charge is 2.48. The molecule has 1 aliphatic heterocycles. The van der Waals surface area contributed by atoms with Crippen LogP contribution in [0.15, 0.2) is 28.9 Å². The molecule has 0 spiro atoms. The van der Waals surface area contributed by atoms with Gasteiger partial charge in [0.25, 0.3) is 11.8 Å². The van der Waals surface area contributed by atoms with Gasteiger partial charge in [-0.3, -0.25) is 9.59 Å². The van der Waals surface area contributed by atoms with Gasteiger partial charge in [-0.05, 0) is 60.2 Å². The quantitative estimate of drug-likeness (QED) is 0.608. The van der Waals surface area contributed by atoms with E-state index in [9.17, 15) is 14.7 Å². The summed E-state index contributed by atoms with van der Waals surface area (Å²) in [5.41, 5.74) is 0.808. The number of fused-ring (bicyclic) bond motifs is 1. The zero-order chi connectivity index (χ0) is 22.5. The average Bonchev–Trinajstić information content (AvgIpc) is 3.45. The van der Waals surface area contributed by atoms with Crippen molar-refractivity contribution in [3.05, 3.63) is 50.6 Å². The zero-order valence-corrected chi connectivity index (χ0v) is 19.7. The summed E-state index contributed by atoms with van der Waals surface area (Å²) in [5.74, 6) is -0.163. The number of aromatic nitrogens is 1. The lowest BCUT2D eigenvalue weighted by Gasteiger charge is -2.37. The summed E-state index contributed by atoms with van der Waals surface area (Å²) in [6.45, 7) is 3.88. The Morgan fingerprint density at radius 3 is 2.74 bits per heavy atom. The van der Waals surface area contributed by atoms with Gasteiger partial charge in [-0.2, -0.15) is 0 Å². The topological polar surface area (TPSA) is 91.8 Å². The van der Waals surface area contributed by atoms with Gasteiger partial charge >= 0.3 is 0 Å². The normalized spacial score (nSPS) is 16.8. The van der Waals surface area contributed by atoms with Crippen molar-refractivity contribution in [1.82, 2.24) is 9.88 Å². The van der Waals surface area contributed by atoms with Crippen LogP contribution in [0.4, 0.5) is 5.69 Å². The van der Waals surface area contributed by atoms with Crippen molar-refractivity contribution in [1.29, 1.82) is 0 Å². The maximum absolute atomic E-state index is 13.4. The van der Waals surface area contributed by atoms with Crippen molar-refractivity contribution < 1.29 is 19.4 Å². The minimum Gasteiger partial charge on any atom is -0.480 e. The maximum atomic E-state index is 13.4. The number of rotatable bonds is 6. The number of aliphatic hydroxyl groups is 1. The summed E-state index contributed by atoms with van der Waals surface area (Å²) in [7, 11) is 1.44. The Labute approximate surface area is 193 Å². The van der Waals surface area contributed by atoms with Gasteiger partial charge in [0.05, 0.1) is 51.3 Å². The molecule has 2 aromatic rings. The van der Waals surface area contributed by atoms with Crippen LogP contribution < -0.4 is 10.1 Å². The van der Waals surface area contributed by atoms with Crippen LogP contribution in [0.2, 0.25) is 5.02 Å². The molecule has 7 nitrogen and oxygen atoms in total. The molecule has 2 amide bonds. The standard InChI is InChI=1S/C22H23BrClN3O4/c1-22(2,30)18(11-7-8-11)27-10-12-5-4-6-14(15(12)21(27)29)26-19(28)16-13(24)9-25-20(31-3)17(16)23/h4-6,9,11,18,30H,7-8,10H2,1-3H3,(H,26,28). The van der Waals surface area contributed by atoms with Crippen LogP contribution in [0.5, 0.6) is 5.88 Å². The van der Waals surface area contributed by atoms with Gasteiger partial charge in [0.1, 0.15) is 0 Å². The Morgan fingerprint density at radius 1 is 1.42 bits per heavy atom. The van der Waals surface area contributed by atoms with Crippen LogP contribution in [0, 0.1) is 5.92 Å². The number of nitrogens with one attached hydrogen (secondary N) is 1. The molecule has 0 bridgehead atoms. The highest BCUT2D eigenvalue weighted by Crippen LogP contribution is 2.44. The van der Waals surface area contributed by atoms with Crippen molar-refractivity contribution >= 4 is 45.0 Å². The molecular formula is C22H23BrClN3O4. The number of ether oxygens (including phenoxy) is 1. The van der Waals surface area contributed by atoms with Gasteiger partial charge in [0.2, 0.25) is 5.88 Å². The molecule has 1 aliphatic carbocycles. The Bertz CT molecular complexity index is 1070. The summed E-state index contributed by atoms with van der Waals surface area (Å²) in [5, 5.41) is 13.7. The van der Waals surface area contributed by atoms with E-state index in [-0.39, 0.29) is 34.3 Å². The third kappa shape index (κ3) is 4.04. The predicted molar refractivity (Wildman–Crippen MR) is 121 cm³/mol. The lowest BCUT2D eigenvalue weighted by Crippen LogP contribution is -2.51. The third-order valence-electron chi connectivity index (χ3n) is 5.70. The molecule has 2 aliphatic rings. The van der Waals surface area contributed by atoms with Gasteiger partial charge in [-0.25, -0.2) is 4.98 Å². The van der Waals surface area contributed by atoms with Crippen LogP contribution >= 0.6 is 27.5 Å². The van der Waals surface area contributed by atoms with E-state index in [0.717, 1.165) is 18.4 Å². The minimum atomic E-state index is -1.02. The first kappa shape index (κ1) is 22.0. The summed E-state index contributed by atoms with van der Waals surface area (Å²) in [4.78, 5) is 32.2. The molecule has 4 rings (SSSR count). The lowest BCUT2D eigenvalue weighted by atomic mass is 9.93. The largest absolute Gasteiger partial charge is 0.480 e. The summed E-state index contributed by atoms with van der Waals surface area (Å²) < 4.78 is 5.48. The number of hydrogen-bond donors (Lipinski definition) is 2. The van der Waals surface area contributed by atoms with E-state index in [1.807, 2.05) is 6.07 Å². The molecule has 9 heteroatoms. The molecule has 0 saturated heterocycles. The van der Waals surface area contributed by atoms with E-state index in [1.54, 1.807) is 30.9 Å². The number of halogens is 2. The Hall–Kier alpha value is -2.16. The first-order valence-corrected chi connectivity index (χ1v) is 11.1. The number of hydrogen-bond acceptors (Lipinski definition) is 5. The third-order valence-corrected chi connectivity index (χ3v) is 6.73. The number of anilines is 1. The van der Waals surface area contributed by atoms with Gasteiger partial charge in [0, 0.05) is 6.54 Å². The molecule has 0 radical (unpaired) electrons. The van der Waals surface area contributed by atoms with Crippen LogP contribution in [0.25, 0.3) is 0 Å². The molecular weight excluding hydrogens is 486 g/mol. The van der Waals surface area contributed by atoms with E-state index in [2.05, 4.69) is 26.2 Å². The second kappa shape index (κ2) is 8.07. The zero-order valence-electron chi connectivity index (χ0n) is 17.4. The van der Waals surface area contributed by atoms with Crippen LogP contribution in [-0.2, 0) is 6.54 Å². The van der Waals surface area contributed by atoms with E-state index in [4.69, 9.17) is 16.3 Å². The van der Waals surface area contributed by atoms with Crippen molar-refractivity contribution in [3.8, 4) is 5.88 Å². The van der Waals surface area contributed by atoms with Crippen molar-refractivity contribution in [3.63, 3.8) is 0 Å². The number of methoxy groups -OCH3 is 1. The van der Waals surface area contributed by atoms with Gasteiger partial charge < -0.3 is 20.1 Å². The number of benzene rings is 1. The minimum absolute atomic E-state index is 0.154. The highest BCUT2D eigenvalue weighted by molar-refractivity contribution is 9.10. The van der Waals surface area contributed by atoms with Crippen LogP contribution in [0.1, 0.15) is 53.0 Å². The smallest absolute Gasteiger partial charge is 0.258 e. The Morgan fingerprint density at radius 2 is 2.13 bits per heavy atom. The first-order chi connectivity index (χ1) is 14.6. The fourth-order valence-electron chi connectivity index (χ4n) is 4.32. The number of carbonyl (C=O) groups excluding carboxylic acids is 2. The maximum Gasteiger partial charge on any atom is 0.258 e. The van der Waals surface area contributed by atoms with E-state index < -0.39 is 11.5 Å². The number of pyridine rings is 1. The summed E-state index contributed by atoms with van der Waals surface area (Å²) in [6, 6.07) is 5.08. The Balaban J connectivity index is 1.66. The van der Waals surface area contributed by atoms with Crippen LogP contribution in [-0.4, -0.2) is 45.6 Å². The fourth-order valence-corrected chi connectivity index (χ4v) is 5.32. The molecule has 31 heavy (non-hydrogen) atoms. The molecule has 1 aromatic carbocycles. The second-order valence-electron chi connectivity index (χ2n) is 8.47. The SMILES string of the molecule is COc1ncc(Cl)c(C(=O)Nc2cccc3c2C(=O)N(C(C2CC2)C(C)(C)O)C3)c1Br. The van der Waals surface area contributed by atoms with Gasteiger partial charge in [-0.1, -0.05) is 23.7 Å². The van der Waals surface area contributed by atoms with Gasteiger partial charge in [0.15, 0.2) is 0 Å². The first-order valence-electron chi connectivity index (χ1n) is 9.98. The molecule has 2 N–H and O–H groups in total. The fraction of sp³-hybridized carbons (Fsp3) is 0.409. The molecule has 164 valence electrons. The monoisotopic (exact) mass is 507 g/mol. The molecule has 2 heterocycles. The highest BCUT2D eigenvalue weighted by atomic mass is 79.9. The lowest BCUT2D eigenvalue weighted by molar-refractivity contribution is -0.0224. The predicted octanol–water partition coefficient (Wildman–Crippen LogP) is 4.26. The Kier molecular flexibility index (Phi) is 5.74. The van der Waals surface area contributed by atoms with E-state index in [0.29, 0.717) is 22.3 Å². The molecule has 1 atom stereocenters. The van der Waals surface area contributed by atoms with Crippen LogP contribution in [0.3, 0.4) is 0 Å². The number of amides is 2. The summed E-state index contributed by atoms with van der Waals surface area (Å²) >= 11 is 9.53. The van der Waals surface area contributed by atoms with Crippen molar-refractivity contribution in [2.24, 2.45) is 5.92 Å². The molecule has 1 unspecified atom stereocenters. The van der Waals surface area contributed by atoms with Crippen molar-refractivity contribution in [2.75, 3.05) is 12.4 Å².